The first-order valence-corrected chi connectivity index (χ1v) is 7.66. The molecule has 21 heavy (non-hydrogen) atoms. The average molecular weight is 352 g/mol. The molecule has 0 aliphatic heterocycles. The standard InChI is InChI=1S/C17H19BrFNO/c1-20-15(9-12-7-8-14(19)11-16(12)18)10-13-5-3-4-6-17(13)21-2/h3-8,11,15,20H,9-10H2,1-2H3. The van der Waals surface area contributed by atoms with E-state index in [0.717, 1.165) is 34.2 Å². The van der Waals surface area contributed by atoms with Crippen molar-refractivity contribution in [2.45, 2.75) is 18.9 Å². The fourth-order valence-electron chi connectivity index (χ4n) is 2.37. The normalized spacial score (nSPS) is 12.2. The van der Waals surface area contributed by atoms with E-state index in [4.69, 9.17) is 4.74 Å². The molecule has 2 nitrogen and oxygen atoms in total. The van der Waals surface area contributed by atoms with Gasteiger partial charge < -0.3 is 10.1 Å². The number of hydrogen-bond acceptors (Lipinski definition) is 2. The number of methoxy groups -OCH3 is 1. The Bertz CT molecular complexity index is 603. The first-order chi connectivity index (χ1) is 10.1. The third-order valence-corrected chi connectivity index (χ3v) is 4.29. The summed E-state index contributed by atoms with van der Waals surface area (Å²) in [6, 6.07) is 13.1. The molecule has 4 heteroatoms. The molecule has 2 aromatic rings. The minimum absolute atomic E-state index is 0.226. The number of likely N-dealkylation sites (N-methyl/N-ethyl adjacent to an activating group) is 1. The van der Waals surface area contributed by atoms with Gasteiger partial charge >= 0.3 is 0 Å². The molecule has 0 aliphatic rings. The zero-order chi connectivity index (χ0) is 15.2. The highest BCUT2D eigenvalue weighted by molar-refractivity contribution is 9.10. The number of para-hydroxylation sites is 1. The summed E-state index contributed by atoms with van der Waals surface area (Å²) in [6.45, 7) is 0. The van der Waals surface area contributed by atoms with E-state index in [1.807, 2.05) is 31.3 Å². The van der Waals surface area contributed by atoms with Gasteiger partial charge in [-0.15, -0.1) is 0 Å². The Kier molecular flexibility index (Phi) is 5.76. The molecule has 2 aromatic carbocycles. The van der Waals surface area contributed by atoms with Crippen molar-refractivity contribution in [2.24, 2.45) is 0 Å². The maximum absolute atomic E-state index is 13.2. The van der Waals surface area contributed by atoms with Crippen LogP contribution in [0.1, 0.15) is 11.1 Å². The van der Waals surface area contributed by atoms with E-state index in [0.29, 0.717) is 0 Å². The molecule has 0 aromatic heterocycles. The summed E-state index contributed by atoms with van der Waals surface area (Å²) in [4.78, 5) is 0. The Hall–Kier alpha value is -1.39. The van der Waals surface area contributed by atoms with Crippen molar-refractivity contribution in [3.05, 3.63) is 63.9 Å². The molecule has 0 fully saturated rings. The van der Waals surface area contributed by atoms with Crippen LogP contribution >= 0.6 is 15.9 Å². The highest BCUT2D eigenvalue weighted by atomic mass is 79.9. The van der Waals surface area contributed by atoms with Crippen LogP contribution in [-0.2, 0) is 12.8 Å². The highest BCUT2D eigenvalue weighted by Crippen LogP contribution is 2.23. The Morgan fingerprint density at radius 3 is 2.52 bits per heavy atom. The van der Waals surface area contributed by atoms with Crippen molar-refractivity contribution in [1.29, 1.82) is 0 Å². The Balaban J connectivity index is 2.13. The molecule has 0 bridgehead atoms. The maximum Gasteiger partial charge on any atom is 0.124 e. The Labute approximate surface area is 133 Å². The number of nitrogens with one attached hydrogen (secondary N) is 1. The van der Waals surface area contributed by atoms with Gasteiger partial charge in [-0.3, -0.25) is 0 Å². The summed E-state index contributed by atoms with van der Waals surface area (Å²) in [5.41, 5.74) is 2.25. The van der Waals surface area contributed by atoms with Gasteiger partial charge in [-0.2, -0.15) is 0 Å². The molecule has 2 rings (SSSR count). The number of rotatable bonds is 6. The van der Waals surface area contributed by atoms with Crippen LogP contribution in [0.2, 0.25) is 0 Å². The third-order valence-electron chi connectivity index (χ3n) is 3.55. The Morgan fingerprint density at radius 2 is 1.86 bits per heavy atom. The second kappa shape index (κ2) is 7.57. The van der Waals surface area contributed by atoms with Gasteiger partial charge in [0.2, 0.25) is 0 Å². The van der Waals surface area contributed by atoms with Gasteiger partial charge in [0.05, 0.1) is 7.11 Å². The predicted octanol–water partition coefficient (Wildman–Crippen LogP) is 3.97. The van der Waals surface area contributed by atoms with Crippen LogP contribution in [-0.4, -0.2) is 20.2 Å². The summed E-state index contributed by atoms with van der Waals surface area (Å²) >= 11 is 3.43. The first kappa shape index (κ1) is 16.0. The lowest BCUT2D eigenvalue weighted by atomic mass is 9.98. The van der Waals surface area contributed by atoms with Crippen molar-refractivity contribution in [1.82, 2.24) is 5.32 Å². The van der Waals surface area contributed by atoms with Crippen LogP contribution in [0.4, 0.5) is 4.39 Å². The molecule has 0 radical (unpaired) electrons. The minimum atomic E-state index is -0.226. The fourth-order valence-corrected chi connectivity index (χ4v) is 2.88. The van der Waals surface area contributed by atoms with E-state index in [-0.39, 0.29) is 11.9 Å². The number of hydrogen-bond donors (Lipinski definition) is 1. The van der Waals surface area contributed by atoms with E-state index in [1.54, 1.807) is 7.11 Å². The summed E-state index contributed by atoms with van der Waals surface area (Å²) < 4.78 is 19.4. The monoisotopic (exact) mass is 351 g/mol. The van der Waals surface area contributed by atoms with E-state index in [9.17, 15) is 4.39 Å². The molecule has 112 valence electrons. The van der Waals surface area contributed by atoms with Crippen molar-refractivity contribution >= 4 is 15.9 Å². The molecule has 0 saturated carbocycles. The van der Waals surface area contributed by atoms with Crippen LogP contribution < -0.4 is 10.1 Å². The second-order valence-corrected chi connectivity index (χ2v) is 5.80. The molecular weight excluding hydrogens is 333 g/mol. The number of halogens is 2. The van der Waals surface area contributed by atoms with Crippen LogP contribution in [0.15, 0.2) is 46.9 Å². The van der Waals surface area contributed by atoms with Gasteiger partial charge in [-0.1, -0.05) is 40.2 Å². The number of ether oxygens (including phenoxy) is 1. The summed E-state index contributed by atoms with van der Waals surface area (Å²) in [5, 5.41) is 3.32. The van der Waals surface area contributed by atoms with Crippen LogP contribution in [0.5, 0.6) is 5.75 Å². The van der Waals surface area contributed by atoms with Crippen LogP contribution in [0, 0.1) is 5.82 Å². The van der Waals surface area contributed by atoms with Gasteiger partial charge in [0, 0.05) is 10.5 Å². The summed E-state index contributed by atoms with van der Waals surface area (Å²) in [5.74, 6) is 0.673. The molecule has 0 aliphatic carbocycles. The Morgan fingerprint density at radius 1 is 1.14 bits per heavy atom. The van der Waals surface area contributed by atoms with Crippen molar-refractivity contribution < 1.29 is 9.13 Å². The van der Waals surface area contributed by atoms with E-state index >= 15 is 0 Å². The molecule has 0 heterocycles. The SMILES string of the molecule is CNC(Cc1ccc(F)cc1Br)Cc1ccccc1OC. The third kappa shape index (κ3) is 4.29. The van der Waals surface area contributed by atoms with Crippen LogP contribution in [0.25, 0.3) is 0 Å². The molecular formula is C17H19BrFNO. The molecule has 1 unspecified atom stereocenters. The predicted molar refractivity (Wildman–Crippen MR) is 87.3 cm³/mol. The van der Waals surface area contributed by atoms with Crippen molar-refractivity contribution in [3.8, 4) is 5.75 Å². The van der Waals surface area contributed by atoms with Gasteiger partial charge in [0.25, 0.3) is 0 Å². The van der Waals surface area contributed by atoms with Gasteiger partial charge in [0.1, 0.15) is 11.6 Å². The van der Waals surface area contributed by atoms with Crippen molar-refractivity contribution in [3.63, 3.8) is 0 Å². The minimum Gasteiger partial charge on any atom is -0.496 e. The van der Waals surface area contributed by atoms with E-state index < -0.39 is 0 Å². The van der Waals surface area contributed by atoms with Crippen molar-refractivity contribution in [2.75, 3.05) is 14.2 Å². The lowest BCUT2D eigenvalue weighted by Gasteiger charge is -2.18. The smallest absolute Gasteiger partial charge is 0.124 e. The lowest BCUT2D eigenvalue weighted by Crippen LogP contribution is -2.30. The van der Waals surface area contributed by atoms with Gasteiger partial charge in [0.15, 0.2) is 0 Å². The van der Waals surface area contributed by atoms with Crippen LogP contribution in [0.3, 0.4) is 0 Å². The number of benzene rings is 2. The molecule has 0 amide bonds. The lowest BCUT2D eigenvalue weighted by molar-refractivity contribution is 0.406. The largest absolute Gasteiger partial charge is 0.496 e. The van der Waals surface area contributed by atoms with E-state index in [1.165, 1.54) is 12.1 Å². The zero-order valence-corrected chi connectivity index (χ0v) is 13.8. The fraction of sp³-hybridized carbons (Fsp3) is 0.294. The quantitative estimate of drug-likeness (QED) is 0.850. The summed E-state index contributed by atoms with van der Waals surface area (Å²) in [6.07, 6.45) is 1.67. The first-order valence-electron chi connectivity index (χ1n) is 6.87. The summed E-state index contributed by atoms with van der Waals surface area (Å²) in [7, 11) is 3.63. The van der Waals surface area contributed by atoms with Gasteiger partial charge in [-0.05, 0) is 49.2 Å². The molecule has 1 N–H and O–H groups in total. The topological polar surface area (TPSA) is 21.3 Å². The molecule has 1 atom stereocenters. The average Bonchev–Trinajstić information content (AvgIpc) is 2.49. The maximum atomic E-state index is 13.2. The van der Waals surface area contributed by atoms with E-state index in [2.05, 4.69) is 27.3 Å². The highest BCUT2D eigenvalue weighted by Gasteiger charge is 2.13. The molecule has 0 saturated heterocycles. The molecule has 0 spiro atoms. The second-order valence-electron chi connectivity index (χ2n) is 4.94. The zero-order valence-electron chi connectivity index (χ0n) is 12.2. The van der Waals surface area contributed by atoms with Gasteiger partial charge in [-0.25, -0.2) is 4.39 Å².